The Hall–Kier alpha value is -1.65. The maximum absolute atomic E-state index is 13.9. The lowest BCUT2D eigenvalue weighted by atomic mass is 10.2. The van der Waals surface area contributed by atoms with E-state index in [-0.39, 0.29) is 5.13 Å². The number of rotatable bonds is 4. The third kappa shape index (κ3) is 2.76. The highest BCUT2D eigenvalue weighted by Crippen LogP contribution is 2.24. The molecular formula is C10H9F2N3O3S2. The summed E-state index contributed by atoms with van der Waals surface area (Å²) in [5.74, 6) is -2.35. The van der Waals surface area contributed by atoms with Crippen LogP contribution in [-0.4, -0.2) is 23.7 Å². The zero-order chi connectivity index (χ0) is 14.9. The molecule has 0 spiro atoms. The van der Waals surface area contributed by atoms with E-state index in [1.54, 1.807) is 6.92 Å². The Labute approximate surface area is 117 Å². The van der Waals surface area contributed by atoms with Crippen LogP contribution in [0.4, 0.5) is 13.9 Å². The molecule has 20 heavy (non-hydrogen) atoms. The van der Waals surface area contributed by atoms with E-state index in [1.165, 1.54) is 0 Å². The van der Waals surface area contributed by atoms with Crippen LogP contribution in [0, 0.1) is 18.6 Å². The van der Waals surface area contributed by atoms with Crippen LogP contribution >= 0.6 is 11.3 Å². The largest absolute Gasteiger partial charge is 0.391 e. The topological polar surface area (TPSA) is 92.2 Å². The molecule has 0 aliphatic heterocycles. The first-order valence-corrected chi connectivity index (χ1v) is 7.56. The van der Waals surface area contributed by atoms with Gasteiger partial charge in [-0.1, -0.05) is 11.3 Å². The number of hydrogen-bond acceptors (Lipinski definition) is 6. The monoisotopic (exact) mass is 321 g/mol. The minimum Gasteiger partial charge on any atom is -0.391 e. The van der Waals surface area contributed by atoms with Crippen molar-refractivity contribution in [2.24, 2.45) is 0 Å². The van der Waals surface area contributed by atoms with Crippen LogP contribution in [0.5, 0.6) is 0 Å². The van der Waals surface area contributed by atoms with Gasteiger partial charge in [0.15, 0.2) is 5.82 Å². The summed E-state index contributed by atoms with van der Waals surface area (Å²) in [5.41, 5.74) is -0.707. The number of nitrogens with zero attached hydrogens (tertiary/aromatic N) is 2. The zero-order valence-corrected chi connectivity index (χ0v) is 11.7. The molecule has 0 saturated carbocycles. The number of aliphatic hydroxyl groups is 1. The summed E-state index contributed by atoms with van der Waals surface area (Å²) in [6.07, 6.45) is 0. The Morgan fingerprint density at radius 1 is 1.35 bits per heavy atom. The van der Waals surface area contributed by atoms with Gasteiger partial charge < -0.3 is 5.11 Å². The minimum absolute atomic E-state index is 0.0308. The van der Waals surface area contributed by atoms with Crippen molar-refractivity contribution in [3.05, 3.63) is 34.3 Å². The molecule has 108 valence electrons. The SMILES string of the molecule is Cc1nnc(NS(=O)(=O)c2ccc(F)c(CO)c2F)s1. The van der Waals surface area contributed by atoms with Gasteiger partial charge in [0, 0.05) is 0 Å². The predicted octanol–water partition coefficient (Wildman–Crippen LogP) is 1.42. The fourth-order valence-electron chi connectivity index (χ4n) is 1.44. The van der Waals surface area contributed by atoms with Gasteiger partial charge in [0.1, 0.15) is 15.7 Å². The average Bonchev–Trinajstić information content (AvgIpc) is 2.74. The quantitative estimate of drug-likeness (QED) is 0.888. The molecule has 0 aliphatic rings. The molecule has 2 aromatic rings. The minimum atomic E-state index is -4.27. The van der Waals surface area contributed by atoms with Crippen molar-refractivity contribution in [2.45, 2.75) is 18.4 Å². The second-order valence-corrected chi connectivity index (χ2v) is 6.56. The summed E-state index contributed by atoms with van der Waals surface area (Å²) in [6.45, 7) is 0.677. The van der Waals surface area contributed by atoms with E-state index < -0.39 is 38.7 Å². The maximum atomic E-state index is 13.9. The number of anilines is 1. The highest BCUT2D eigenvalue weighted by molar-refractivity contribution is 7.93. The van der Waals surface area contributed by atoms with E-state index in [9.17, 15) is 17.2 Å². The number of aryl methyl sites for hydroxylation is 1. The molecule has 1 aromatic carbocycles. The third-order valence-corrected chi connectivity index (χ3v) is 4.59. The second kappa shape index (κ2) is 5.38. The van der Waals surface area contributed by atoms with Crippen molar-refractivity contribution in [1.82, 2.24) is 10.2 Å². The van der Waals surface area contributed by atoms with Gasteiger partial charge in [-0.05, 0) is 19.1 Å². The second-order valence-electron chi connectivity index (χ2n) is 3.73. The molecule has 0 radical (unpaired) electrons. The molecule has 0 bridgehead atoms. The Morgan fingerprint density at radius 3 is 2.60 bits per heavy atom. The average molecular weight is 321 g/mol. The van der Waals surface area contributed by atoms with Gasteiger partial charge in [-0.3, -0.25) is 4.72 Å². The molecule has 1 heterocycles. The molecule has 0 atom stereocenters. The van der Waals surface area contributed by atoms with Gasteiger partial charge in [0.05, 0.1) is 12.2 Å². The molecule has 0 aliphatic carbocycles. The summed E-state index contributed by atoms with van der Waals surface area (Å²) in [7, 11) is -4.27. The molecule has 0 amide bonds. The van der Waals surface area contributed by atoms with Gasteiger partial charge in [-0.25, -0.2) is 17.2 Å². The number of sulfonamides is 1. The van der Waals surface area contributed by atoms with Crippen LogP contribution in [0.25, 0.3) is 0 Å². The van der Waals surface area contributed by atoms with E-state index in [1.807, 2.05) is 4.72 Å². The van der Waals surface area contributed by atoms with Crippen molar-refractivity contribution in [2.75, 3.05) is 4.72 Å². The van der Waals surface area contributed by atoms with Crippen molar-refractivity contribution in [3.8, 4) is 0 Å². The molecule has 2 N–H and O–H groups in total. The number of aliphatic hydroxyl groups excluding tert-OH is 1. The van der Waals surface area contributed by atoms with Crippen LogP contribution in [0.15, 0.2) is 17.0 Å². The highest BCUT2D eigenvalue weighted by Gasteiger charge is 2.24. The van der Waals surface area contributed by atoms with Gasteiger partial charge in [-0.15, -0.1) is 10.2 Å². The fourth-order valence-corrected chi connectivity index (χ4v) is 3.36. The van der Waals surface area contributed by atoms with E-state index in [2.05, 4.69) is 10.2 Å². The van der Waals surface area contributed by atoms with Gasteiger partial charge >= 0.3 is 0 Å². The lowest BCUT2D eigenvalue weighted by Crippen LogP contribution is -2.16. The molecule has 0 saturated heterocycles. The fraction of sp³-hybridized carbons (Fsp3) is 0.200. The summed E-state index contributed by atoms with van der Waals surface area (Å²) in [6, 6.07) is 1.55. The van der Waals surface area contributed by atoms with E-state index >= 15 is 0 Å². The summed E-state index contributed by atoms with van der Waals surface area (Å²) in [5, 5.41) is 16.5. The molecule has 0 fully saturated rings. The van der Waals surface area contributed by atoms with Gasteiger partial charge in [-0.2, -0.15) is 0 Å². The van der Waals surface area contributed by atoms with E-state index in [0.29, 0.717) is 5.01 Å². The number of nitrogens with one attached hydrogen (secondary N) is 1. The summed E-state index contributed by atoms with van der Waals surface area (Å²) in [4.78, 5) is -0.768. The third-order valence-electron chi connectivity index (χ3n) is 2.35. The molecule has 0 unspecified atom stereocenters. The molecule has 2 rings (SSSR count). The number of halogens is 2. The van der Waals surface area contributed by atoms with Gasteiger partial charge in [0.2, 0.25) is 5.13 Å². The van der Waals surface area contributed by atoms with E-state index in [4.69, 9.17) is 5.11 Å². The Morgan fingerprint density at radius 2 is 2.05 bits per heavy atom. The number of aromatic nitrogens is 2. The highest BCUT2D eigenvalue weighted by atomic mass is 32.2. The maximum Gasteiger partial charge on any atom is 0.266 e. The van der Waals surface area contributed by atoms with Crippen LogP contribution in [0.3, 0.4) is 0 Å². The molecular weight excluding hydrogens is 312 g/mol. The molecule has 1 aromatic heterocycles. The summed E-state index contributed by atoms with van der Waals surface area (Å²) < 4.78 is 53.1. The van der Waals surface area contributed by atoms with Crippen LogP contribution in [-0.2, 0) is 16.6 Å². The van der Waals surface area contributed by atoms with Crippen molar-refractivity contribution < 1.29 is 22.3 Å². The van der Waals surface area contributed by atoms with Crippen molar-refractivity contribution in [1.29, 1.82) is 0 Å². The van der Waals surface area contributed by atoms with Crippen LogP contribution < -0.4 is 4.72 Å². The van der Waals surface area contributed by atoms with Crippen molar-refractivity contribution in [3.63, 3.8) is 0 Å². The lowest BCUT2D eigenvalue weighted by Gasteiger charge is -2.09. The lowest BCUT2D eigenvalue weighted by molar-refractivity contribution is 0.267. The van der Waals surface area contributed by atoms with E-state index in [0.717, 1.165) is 23.5 Å². The Balaban J connectivity index is 2.44. The van der Waals surface area contributed by atoms with Crippen LogP contribution in [0.2, 0.25) is 0 Å². The number of benzene rings is 1. The Bertz CT molecular complexity index is 746. The smallest absolute Gasteiger partial charge is 0.266 e. The standard InChI is InChI=1S/C10H9F2N3O3S2/c1-5-13-14-10(19-5)15-20(17,18)8-3-2-7(11)6(4-16)9(8)12/h2-3,16H,4H2,1H3,(H,14,15). The first kappa shape index (κ1) is 14.8. The molecule has 10 heteroatoms. The first-order chi connectivity index (χ1) is 9.35. The molecule has 6 nitrogen and oxygen atoms in total. The Kier molecular flexibility index (Phi) is 3.97. The zero-order valence-electron chi connectivity index (χ0n) is 10.1. The first-order valence-electron chi connectivity index (χ1n) is 5.26. The predicted molar refractivity (Wildman–Crippen MR) is 67.7 cm³/mol. The normalized spacial score (nSPS) is 11.6. The van der Waals surface area contributed by atoms with Gasteiger partial charge in [0.25, 0.3) is 10.0 Å². The number of hydrogen-bond donors (Lipinski definition) is 2. The van der Waals surface area contributed by atoms with Crippen LogP contribution in [0.1, 0.15) is 10.6 Å². The summed E-state index contributed by atoms with van der Waals surface area (Å²) >= 11 is 0.970. The van der Waals surface area contributed by atoms with Crippen molar-refractivity contribution >= 4 is 26.5 Å².